The van der Waals surface area contributed by atoms with E-state index in [2.05, 4.69) is 10.3 Å². The van der Waals surface area contributed by atoms with Gasteiger partial charge >= 0.3 is 6.09 Å². The van der Waals surface area contributed by atoms with Crippen molar-refractivity contribution < 1.29 is 18.3 Å². The van der Waals surface area contributed by atoms with Crippen molar-refractivity contribution in [3.8, 4) is 6.07 Å². The normalized spacial score (nSPS) is 21.9. The number of ether oxygens (including phenoxy) is 1. The predicted octanol–water partition coefficient (Wildman–Crippen LogP) is 3.22. The number of fused-ring (bicyclic) bond motifs is 1. The van der Waals surface area contributed by atoms with Gasteiger partial charge in [-0.15, -0.1) is 0 Å². The Morgan fingerprint density at radius 3 is 2.85 bits per heavy atom. The number of amidine groups is 1. The summed E-state index contributed by atoms with van der Waals surface area (Å²) in [5, 5.41) is 11.8. The van der Waals surface area contributed by atoms with Crippen molar-refractivity contribution in [1.29, 1.82) is 5.26 Å². The fraction of sp³-hybridized carbons (Fsp3) is 0.526. The zero-order chi connectivity index (χ0) is 19.8. The number of likely N-dealkylation sites (tertiary alicyclic amines) is 1. The molecule has 6 nitrogen and oxygen atoms in total. The van der Waals surface area contributed by atoms with E-state index in [0.29, 0.717) is 30.1 Å². The molecule has 1 N–H and O–H groups in total. The Kier molecular flexibility index (Phi) is 5.05. The standard InChI is InChI=1S/C19H22F2N4O2/c1-19(2,3)27-18(26)23-15-10-25(5-4-14(15)21)16-8-11-6-13(20)7-12(9-22)17(11)24-16/h6-7,14-15H,4-5,8,10H2,1-3H3,(H,23,26)/t14-,15-/m1/s1. The van der Waals surface area contributed by atoms with Gasteiger partial charge in [0.2, 0.25) is 0 Å². The van der Waals surface area contributed by atoms with Crippen LogP contribution in [0.5, 0.6) is 0 Å². The molecule has 1 aromatic carbocycles. The number of nitrogens with one attached hydrogen (secondary N) is 1. The molecular formula is C19H22F2N4O2. The fourth-order valence-corrected chi connectivity index (χ4v) is 3.28. The maximum Gasteiger partial charge on any atom is 0.408 e. The van der Waals surface area contributed by atoms with Crippen molar-refractivity contribution in [2.24, 2.45) is 4.99 Å². The number of hydrogen-bond donors (Lipinski definition) is 1. The van der Waals surface area contributed by atoms with Crippen molar-refractivity contribution in [2.45, 2.75) is 51.4 Å². The highest BCUT2D eigenvalue weighted by Crippen LogP contribution is 2.33. The number of amides is 1. The first-order valence-corrected chi connectivity index (χ1v) is 8.85. The molecule has 1 amide bonds. The van der Waals surface area contributed by atoms with Gasteiger partial charge in [0.15, 0.2) is 0 Å². The molecule has 2 atom stereocenters. The van der Waals surface area contributed by atoms with Crippen LogP contribution in [0.25, 0.3) is 0 Å². The van der Waals surface area contributed by atoms with Gasteiger partial charge in [-0.25, -0.2) is 18.6 Å². The predicted molar refractivity (Wildman–Crippen MR) is 96.2 cm³/mol. The smallest absolute Gasteiger partial charge is 0.408 e. The molecule has 0 unspecified atom stereocenters. The summed E-state index contributed by atoms with van der Waals surface area (Å²) < 4.78 is 33.2. The van der Waals surface area contributed by atoms with E-state index in [1.165, 1.54) is 6.07 Å². The van der Waals surface area contributed by atoms with E-state index in [0.717, 1.165) is 6.07 Å². The van der Waals surface area contributed by atoms with Gasteiger partial charge in [-0.1, -0.05) is 0 Å². The Bertz CT molecular complexity index is 826. The molecule has 0 radical (unpaired) electrons. The lowest BCUT2D eigenvalue weighted by Gasteiger charge is -2.36. The number of alkyl carbamates (subject to hydrolysis) is 1. The summed E-state index contributed by atoms with van der Waals surface area (Å²) in [7, 11) is 0. The van der Waals surface area contributed by atoms with Crippen molar-refractivity contribution in [3.05, 3.63) is 29.1 Å². The highest BCUT2D eigenvalue weighted by atomic mass is 19.1. The largest absolute Gasteiger partial charge is 0.444 e. The number of nitrogens with zero attached hydrogens (tertiary/aromatic N) is 3. The second kappa shape index (κ2) is 7.14. The van der Waals surface area contributed by atoms with Crippen LogP contribution in [0.3, 0.4) is 0 Å². The van der Waals surface area contributed by atoms with E-state index in [1.807, 2.05) is 11.0 Å². The number of benzene rings is 1. The van der Waals surface area contributed by atoms with E-state index >= 15 is 0 Å². The van der Waals surface area contributed by atoms with Gasteiger partial charge < -0.3 is 15.0 Å². The number of piperidine rings is 1. The van der Waals surface area contributed by atoms with Gasteiger partial charge in [-0.3, -0.25) is 0 Å². The number of rotatable bonds is 1. The summed E-state index contributed by atoms with van der Waals surface area (Å²) in [5.74, 6) is 0.170. The second-order valence-electron chi connectivity index (χ2n) is 7.78. The number of carbonyl (C=O) groups is 1. The average molecular weight is 376 g/mol. The molecule has 0 bridgehead atoms. The maximum atomic E-state index is 14.3. The number of alkyl halides is 1. The van der Waals surface area contributed by atoms with E-state index in [-0.39, 0.29) is 18.5 Å². The van der Waals surface area contributed by atoms with Crippen LogP contribution in [0.1, 0.15) is 38.3 Å². The van der Waals surface area contributed by atoms with Crippen molar-refractivity contribution >= 4 is 17.6 Å². The summed E-state index contributed by atoms with van der Waals surface area (Å²) in [6.45, 7) is 5.89. The third-order valence-corrected chi connectivity index (χ3v) is 4.46. The molecule has 2 heterocycles. The second-order valence-corrected chi connectivity index (χ2v) is 7.78. The quantitative estimate of drug-likeness (QED) is 0.816. The van der Waals surface area contributed by atoms with Crippen molar-refractivity contribution in [2.75, 3.05) is 13.1 Å². The van der Waals surface area contributed by atoms with Crippen molar-refractivity contribution in [1.82, 2.24) is 10.2 Å². The minimum absolute atomic E-state index is 0.184. The lowest BCUT2D eigenvalue weighted by Crippen LogP contribution is -2.55. The van der Waals surface area contributed by atoms with Crippen LogP contribution in [-0.2, 0) is 11.2 Å². The highest BCUT2D eigenvalue weighted by molar-refractivity contribution is 5.93. The van der Waals surface area contributed by atoms with E-state index in [1.54, 1.807) is 20.8 Å². The van der Waals surface area contributed by atoms with Gasteiger partial charge in [0.05, 0.1) is 17.3 Å². The first-order valence-electron chi connectivity index (χ1n) is 8.85. The van der Waals surface area contributed by atoms with E-state index in [9.17, 15) is 18.8 Å². The Labute approximate surface area is 156 Å². The molecule has 144 valence electrons. The zero-order valence-corrected chi connectivity index (χ0v) is 15.6. The van der Waals surface area contributed by atoms with Crippen LogP contribution in [0.4, 0.5) is 19.3 Å². The molecule has 3 rings (SSSR count). The lowest BCUT2D eigenvalue weighted by molar-refractivity contribution is 0.0431. The average Bonchev–Trinajstić information content (AvgIpc) is 2.98. The minimum Gasteiger partial charge on any atom is -0.444 e. The van der Waals surface area contributed by atoms with E-state index < -0.39 is 29.7 Å². The molecule has 1 saturated heterocycles. The highest BCUT2D eigenvalue weighted by Gasteiger charge is 2.34. The van der Waals surface area contributed by atoms with Crippen LogP contribution >= 0.6 is 0 Å². The van der Waals surface area contributed by atoms with Crippen LogP contribution in [0, 0.1) is 17.1 Å². The molecule has 1 fully saturated rings. The van der Waals surface area contributed by atoms with Crippen LogP contribution in [0.15, 0.2) is 17.1 Å². The van der Waals surface area contributed by atoms with Gasteiger partial charge in [0.25, 0.3) is 0 Å². The molecule has 8 heteroatoms. The van der Waals surface area contributed by atoms with E-state index in [4.69, 9.17) is 4.74 Å². The number of carbonyl (C=O) groups excluding carboxylic acids is 1. The van der Waals surface area contributed by atoms with Gasteiger partial charge in [-0.05, 0) is 44.9 Å². The maximum absolute atomic E-state index is 14.3. The van der Waals surface area contributed by atoms with Crippen LogP contribution in [0.2, 0.25) is 0 Å². The Balaban J connectivity index is 1.72. The zero-order valence-electron chi connectivity index (χ0n) is 15.6. The van der Waals surface area contributed by atoms with Crippen LogP contribution < -0.4 is 5.32 Å². The SMILES string of the molecule is CC(C)(C)OC(=O)N[C@@H]1CN(C2=Nc3c(C#N)cc(F)cc3C2)CC[C@H]1F. The monoisotopic (exact) mass is 376 g/mol. The fourth-order valence-electron chi connectivity index (χ4n) is 3.28. The summed E-state index contributed by atoms with van der Waals surface area (Å²) >= 11 is 0. The summed E-state index contributed by atoms with van der Waals surface area (Å²) in [4.78, 5) is 18.3. The number of nitriles is 1. The molecule has 0 aliphatic carbocycles. The third kappa shape index (κ3) is 4.35. The van der Waals surface area contributed by atoms with Crippen molar-refractivity contribution in [3.63, 3.8) is 0 Å². The van der Waals surface area contributed by atoms with Gasteiger partial charge in [-0.2, -0.15) is 5.26 Å². The number of hydrogen-bond acceptors (Lipinski definition) is 5. The summed E-state index contributed by atoms with van der Waals surface area (Å²) in [5.41, 5.74) is 0.622. The lowest BCUT2D eigenvalue weighted by atomic mass is 10.0. The summed E-state index contributed by atoms with van der Waals surface area (Å²) in [6, 6.07) is 3.75. The molecule has 27 heavy (non-hydrogen) atoms. The molecular weight excluding hydrogens is 354 g/mol. The van der Waals surface area contributed by atoms with Crippen LogP contribution in [-0.4, -0.2) is 47.7 Å². The minimum atomic E-state index is -1.19. The van der Waals surface area contributed by atoms with Gasteiger partial charge in [0, 0.05) is 19.5 Å². The first-order chi connectivity index (χ1) is 12.7. The molecule has 0 aromatic heterocycles. The third-order valence-electron chi connectivity index (χ3n) is 4.46. The Hall–Kier alpha value is -2.69. The molecule has 1 aromatic rings. The van der Waals surface area contributed by atoms with Gasteiger partial charge in [0.1, 0.15) is 29.5 Å². The summed E-state index contributed by atoms with van der Waals surface area (Å²) in [6.07, 6.45) is -1.25. The molecule has 0 saturated carbocycles. The Morgan fingerprint density at radius 2 is 2.19 bits per heavy atom. The molecule has 2 aliphatic rings. The molecule has 2 aliphatic heterocycles. The number of aliphatic imine (C=N–C) groups is 1. The Morgan fingerprint density at radius 1 is 1.44 bits per heavy atom. The molecule has 0 spiro atoms. The topological polar surface area (TPSA) is 77.7 Å². The number of halogens is 2. The first kappa shape index (κ1) is 19.1.